The highest BCUT2D eigenvalue weighted by Crippen LogP contribution is 2.32. The predicted octanol–water partition coefficient (Wildman–Crippen LogP) is 1.10. The molecule has 1 atom stereocenters. The second-order valence-electron chi connectivity index (χ2n) is 3.63. The quantitative estimate of drug-likeness (QED) is 0.663. The van der Waals surface area contributed by atoms with Crippen LogP contribution in [-0.4, -0.2) is 36.2 Å². The Morgan fingerprint density at radius 2 is 2.18 bits per heavy atom. The highest BCUT2D eigenvalue weighted by molar-refractivity contribution is 4.87. The first kappa shape index (κ1) is 9.01. The lowest BCUT2D eigenvalue weighted by molar-refractivity contribution is 0.125. The number of aliphatic hydroxyl groups excluding tert-OH is 1. The summed E-state index contributed by atoms with van der Waals surface area (Å²) < 4.78 is 0. The maximum absolute atomic E-state index is 9.20. The number of hydrogen-bond donors (Lipinski definition) is 1. The van der Waals surface area contributed by atoms with Gasteiger partial charge in [0.1, 0.15) is 0 Å². The van der Waals surface area contributed by atoms with Crippen molar-refractivity contribution in [2.75, 3.05) is 26.2 Å². The second-order valence-corrected chi connectivity index (χ2v) is 3.63. The molecule has 0 spiro atoms. The average Bonchev–Trinajstić information content (AvgIpc) is 2.49. The molecule has 2 heteroatoms. The molecule has 0 saturated carbocycles. The van der Waals surface area contributed by atoms with Gasteiger partial charge in [0.15, 0.2) is 0 Å². The van der Waals surface area contributed by atoms with Gasteiger partial charge in [-0.15, -0.1) is 0 Å². The number of likely N-dealkylation sites (tertiary alicyclic amines) is 1. The minimum atomic E-state index is 0.232. The van der Waals surface area contributed by atoms with E-state index in [0.717, 1.165) is 19.5 Å². The van der Waals surface area contributed by atoms with E-state index < -0.39 is 0 Å². The third-order valence-electron chi connectivity index (χ3n) is 3.05. The van der Waals surface area contributed by atoms with Gasteiger partial charge in [0.25, 0.3) is 0 Å². The smallest absolute Gasteiger partial charge is 0.0500 e. The zero-order valence-corrected chi connectivity index (χ0v) is 7.64. The fourth-order valence-corrected chi connectivity index (χ4v) is 1.83. The molecule has 1 aliphatic rings. The Kier molecular flexibility index (Phi) is 2.90. The van der Waals surface area contributed by atoms with E-state index in [1.807, 2.05) is 0 Å². The van der Waals surface area contributed by atoms with Crippen LogP contribution in [0.2, 0.25) is 0 Å². The standard InChI is InChI=1S/C9H19NO/c1-3-9(8-11)5-6-10(4-2)7-9/h11H,3-8H2,1-2H3. The first-order chi connectivity index (χ1) is 5.26. The van der Waals surface area contributed by atoms with Crippen LogP contribution in [0.1, 0.15) is 26.7 Å². The number of aliphatic hydroxyl groups is 1. The molecule has 0 amide bonds. The van der Waals surface area contributed by atoms with Crippen LogP contribution in [0.4, 0.5) is 0 Å². The molecule has 2 nitrogen and oxygen atoms in total. The van der Waals surface area contributed by atoms with E-state index >= 15 is 0 Å². The molecule has 66 valence electrons. The largest absolute Gasteiger partial charge is 0.396 e. The molecule has 1 rings (SSSR count). The zero-order chi connectivity index (χ0) is 8.32. The molecule has 1 N–H and O–H groups in total. The molecule has 1 saturated heterocycles. The molecule has 0 aliphatic carbocycles. The summed E-state index contributed by atoms with van der Waals surface area (Å²) in [4.78, 5) is 2.42. The highest BCUT2D eigenvalue weighted by Gasteiger charge is 2.34. The summed E-state index contributed by atoms with van der Waals surface area (Å²) in [7, 11) is 0. The van der Waals surface area contributed by atoms with E-state index in [2.05, 4.69) is 18.7 Å². The van der Waals surface area contributed by atoms with Crippen molar-refractivity contribution < 1.29 is 5.11 Å². The van der Waals surface area contributed by atoms with Crippen molar-refractivity contribution in [2.45, 2.75) is 26.7 Å². The minimum absolute atomic E-state index is 0.232. The highest BCUT2D eigenvalue weighted by atomic mass is 16.3. The van der Waals surface area contributed by atoms with Gasteiger partial charge >= 0.3 is 0 Å². The van der Waals surface area contributed by atoms with Crippen LogP contribution in [0.3, 0.4) is 0 Å². The van der Waals surface area contributed by atoms with Crippen LogP contribution in [0.5, 0.6) is 0 Å². The van der Waals surface area contributed by atoms with Crippen LogP contribution in [0.15, 0.2) is 0 Å². The normalized spacial score (nSPS) is 33.0. The van der Waals surface area contributed by atoms with Crippen molar-refractivity contribution in [2.24, 2.45) is 5.41 Å². The van der Waals surface area contributed by atoms with Gasteiger partial charge in [-0.05, 0) is 25.9 Å². The van der Waals surface area contributed by atoms with Crippen molar-refractivity contribution >= 4 is 0 Å². The van der Waals surface area contributed by atoms with Crippen molar-refractivity contribution in [3.8, 4) is 0 Å². The number of hydrogen-bond acceptors (Lipinski definition) is 2. The fraction of sp³-hybridized carbons (Fsp3) is 1.00. The Labute approximate surface area is 69.2 Å². The molecule has 1 unspecified atom stereocenters. The van der Waals surface area contributed by atoms with Gasteiger partial charge in [0.05, 0.1) is 0 Å². The lowest BCUT2D eigenvalue weighted by Gasteiger charge is -2.24. The molecule has 0 radical (unpaired) electrons. The van der Waals surface area contributed by atoms with Gasteiger partial charge in [-0.25, -0.2) is 0 Å². The topological polar surface area (TPSA) is 23.5 Å². The van der Waals surface area contributed by atoms with Gasteiger partial charge in [0, 0.05) is 18.6 Å². The summed E-state index contributed by atoms with van der Waals surface area (Å²) in [6, 6.07) is 0. The van der Waals surface area contributed by atoms with Gasteiger partial charge in [0.2, 0.25) is 0 Å². The zero-order valence-electron chi connectivity index (χ0n) is 7.64. The third-order valence-corrected chi connectivity index (χ3v) is 3.05. The fourth-order valence-electron chi connectivity index (χ4n) is 1.83. The van der Waals surface area contributed by atoms with E-state index in [4.69, 9.17) is 0 Å². The van der Waals surface area contributed by atoms with Crippen LogP contribution < -0.4 is 0 Å². The van der Waals surface area contributed by atoms with E-state index in [1.54, 1.807) is 0 Å². The van der Waals surface area contributed by atoms with Crippen LogP contribution in [0.25, 0.3) is 0 Å². The number of nitrogens with zero attached hydrogens (tertiary/aromatic N) is 1. The molecule has 1 heterocycles. The van der Waals surface area contributed by atoms with Crippen molar-refractivity contribution in [3.05, 3.63) is 0 Å². The molecular formula is C9H19NO. The molecule has 0 aromatic carbocycles. The van der Waals surface area contributed by atoms with E-state index in [0.29, 0.717) is 6.61 Å². The summed E-state index contributed by atoms with van der Waals surface area (Å²) in [6.45, 7) is 8.11. The first-order valence-electron chi connectivity index (χ1n) is 4.59. The molecule has 0 bridgehead atoms. The lowest BCUT2D eigenvalue weighted by atomic mass is 9.85. The molecule has 1 fully saturated rings. The first-order valence-corrected chi connectivity index (χ1v) is 4.59. The SMILES string of the molecule is CCN1CCC(CC)(CO)C1. The van der Waals surface area contributed by atoms with Crippen molar-refractivity contribution in [1.29, 1.82) is 0 Å². The van der Waals surface area contributed by atoms with Gasteiger partial charge < -0.3 is 10.0 Å². The van der Waals surface area contributed by atoms with Crippen molar-refractivity contribution in [1.82, 2.24) is 4.90 Å². The molecule has 0 aromatic rings. The van der Waals surface area contributed by atoms with Crippen LogP contribution in [0, 0.1) is 5.41 Å². The van der Waals surface area contributed by atoms with E-state index in [-0.39, 0.29) is 5.41 Å². The van der Waals surface area contributed by atoms with Gasteiger partial charge in [-0.3, -0.25) is 0 Å². The second kappa shape index (κ2) is 3.55. The number of rotatable bonds is 3. The monoisotopic (exact) mass is 157 g/mol. The van der Waals surface area contributed by atoms with E-state index in [9.17, 15) is 5.11 Å². The lowest BCUT2D eigenvalue weighted by Crippen LogP contribution is -2.29. The molecule has 1 aliphatic heterocycles. The third kappa shape index (κ3) is 1.74. The maximum atomic E-state index is 9.20. The summed E-state index contributed by atoms with van der Waals surface area (Å²) in [5, 5.41) is 9.20. The Morgan fingerprint density at radius 3 is 2.45 bits per heavy atom. The average molecular weight is 157 g/mol. The van der Waals surface area contributed by atoms with E-state index in [1.165, 1.54) is 13.0 Å². The van der Waals surface area contributed by atoms with Crippen molar-refractivity contribution in [3.63, 3.8) is 0 Å². The predicted molar refractivity (Wildman–Crippen MR) is 46.5 cm³/mol. The van der Waals surface area contributed by atoms with Gasteiger partial charge in [-0.2, -0.15) is 0 Å². The Balaban J connectivity index is 2.48. The summed E-state index contributed by atoms with van der Waals surface area (Å²) in [6.07, 6.45) is 2.29. The minimum Gasteiger partial charge on any atom is -0.396 e. The summed E-state index contributed by atoms with van der Waals surface area (Å²) in [5.41, 5.74) is 0.232. The Bertz CT molecular complexity index is 121. The van der Waals surface area contributed by atoms with Crippen LogP contribution >= 0.6 is 0 Å². The Hall–Kier alpha value is -0.0800. The summed E-state index contributed by atoms with van der Waals surface area (Å²) in [5.74, 6) is 0. The molecule has 0 aromatic heterocycles. The summed E-state index contributed by atoms with van der Waals surface area (Å²) >= 11 is 0. The maximum Gasteiger partial charge on any atom is 0.0500 e. The molecule has 11 heavy (non-hydrogen) atoms. The molecular weight excluding hydrogens is 138 g/mol. The Morgan fingerprint density at radius 1 is 1.45 bits per heavy atom. The van der Waals surface area contributed by atoms with Crippen LogP contribution in [-0.2, 0) is 0 Å². The van der Waals surface area contributed by atoms with Gasteiger partial charge in [-0.1, -0.05) is 13.8 Å².